The van der Waals surface area contributed by atoms with Crippen molar-refractivity contribution in [1.82, 2.24) is 9.55 Å². The molecule has 0 bridgehead atoms. The first-order valence-electron chi connectivity index (χ1n) is 7.40. The van der Waals surface area contributed by atoms with E-state index in [2.05, 4.69) is 22.5 Å². The summed E-state index contributed by atoms with van der Waals surface area (Å²) in [4.78, 5) is 4.43. The van der Waals surface area contributed by atoms with E-state index in [1.807, 2.05) is 12.1 Å². The number of fused-ring (bicyclic) bond motifs is 1. The molecule has 0 amide bonds. The molecular weight excluding hydrogens is 248 g/mol. The van der Waals surface area contributed by atoms with Gasteiger partial charge < -0.3 is 10.3 Å². The van der Waals surface area contributed by atoms with Crippen LogP contribution in [0, 0.1) is 17.2 Å². The van der Waals surface area contributed by atoms with Crippen LogP contribution in [0.2, 0.25) is 0 Å². The van der Waals surface area contributed by atoms with E-state index in [1.165, 1.54) is 19.3 Å². The first kappa shape index (κ1) is 13.0. The molecule has 1 fully saturated rings. The van der Waals surface area contributed by atoms with E-state index in [-0.39, 0.29) is 0 Å². The molecule has 0 aliphatic heterocycles. The molecule has 1 heterocycles. The van der Waals surface area contributed by atoms with Gasteiger partial charge in [-0.2, -0.15) is 5.26 Å². The molecule has 1 aromatic carbocycles. The fraction of sp³-hybridized carbons (Fsp3) is 0.500. The maximum Gasteiger partial charge on any atom is 0.201 e. The summed E-state index contributed by atoms with van der Waals surface area (Å²) in [5.41, 5.74) is 8.67. The van der Waals surface area contributed by atoms with Gasteiger partial charge in [-0.1, -0.05) is 13.3 Å². The number of nitriles is 1. The molecular formula is C16H20N4. The van der Waals surface area contributed by atoms with Gasteiger partial charge >= 0.3 is 0 Å². The van der Waals surface area contributed by atoms with Crippen molar-refractivity contribution in [2.75, 3.05) is 5.73 Å². The van der Waals surface area contributed by atoms with Crippen LogP contribution in [-0.4, -0.2) is 9.55 Å². The summed E-state index contributed by atoms with van der Waals surface area (Å²) in [6.07, 6.45) is 6.11. The largest absolute Gasteiger partial charge is 0.369 e. The SMILES string of the molecule is CCC1CCC(n2c(N)nc3ccc(C#N)cc32)CC1. The molecule has 1 aliphatic rings. The van der Waals surface area contributed by atoms with Crippen LogP contribution in [0.4, 0.5) is 5.95 Å². The highest BCUT2D eigenvalue weighted by atomic mass is 15.2. The Balaban J connectivity index is 1.98. The molecule has 1 aliphatic carbocycles. The minimum Gasteiger partial charge on any atom is -0.369 e. The minimum absolute atomic E-state index is 0.428. The standard InChI is InChI=1S/C16H20N4/c1-2-11-3-6-13(7-4-11)20-15-9-12(10-17)5-8-14(15)19-16(20)18/h5,8-9,11,13H,2-4,6-7H2,1H3,(H2,18,19). The van der Waals surface area contributed by atoms with Crippen LogP contribution in [0.25, 0.3) is 11.0 Å². The molecule has 4 nitrogen and oxygen atoms in total. The predicted molar refractivity (Wildman–Crippen MR) is 80.1 cm³/mol. The summed E-state index contributed by atoms with van der Waals surface area (Å²) in [7, 11) is 0. The van der Waals surface area contributed by atoms with Crippen LogP contribution < -0.4 is 5.73 Å². The van der Waals surface area contributed by atoms with Gasteiger partial charge in [-0.3, -0.25) is 0 Å². The predicted octanol–water partition coefficient (Wildman–Crippen LogP) is 3.63. The second-order valence-corrected chi connectivity index (χ2v) is 5.74. The van der Waals surface area contributed by atoms with Gasteiger partial charge in [0.1, 0.15) is 0 Å². The van der Waals surface area contributed by atoms with Gasteiger partial charge in [0.15, 0.2) is 0 Å². The molecule has 1 saturated carbocycles. The fourth-order valence-electron chi connectivity index (χ4n) is 3.38. The van der Waals surface area contributed by atoms with Gasteiger partial charge in [-0.15, -0.1) is 0 Å². The van der Waals surface area contributed by atoms with E-state index in [1.54, 1.807) is 6.07 Å². The highest BCUT2D eigenvalue weighted by molar-refractivity contribution is 5.80. The van der Waals surface area contributed by atoms with Gasteiger partial charge in [0.2, 0.25) is 5.95 Å². The third-order valence-corrected chi connectivity index (χ3v) is 4.60. The topological polar surface area (TPSA) is 67.6 Å². The van der Waals surface area contributed by atoms with Crippen LogP contribution >= 0.6 is 0 Å². The number of benzene rings is 1. The Morgan fingerprint density at radius 3 is 2.75 bits per heavy atom. The fourth-order valence-corrected chi connectivity index (χ4v) is 3.38. The van der Waals surface area contributed by atoms with Gasteiger partial charge in [-0.25, -0.2) is 4.98 Å². The maximum atomic E-state index is 9.06. The Labute approximate surface area is 119 Å². The highest BCUT2D eigenvalue weighted by Gasteiger charge is 2.24. The Morgan fingerprint density at radius 2 is 2.10 bits per heavy atom. The third-order valence-electron chi connectivity index (χ3n) is 4.60. The van der Waals surface area contributed by atoms with E-state index in [0.717, 1.165) is 29.8 Å². The Morgan fingerprint density at radius 1 is 1.35 bits per heavy atom. The first-order chi connectivity index (χ1) is 9.72. The molecule has 4 heteroatoms. The number of imidazole rings is 1. The van der Waals surface area contributed by atoms with E-state index in [9.17, 15) is 0 Å². The van der Waals surface area contributed by atoms with Crippen molar-refractivity contribution in [3.05, 3.63) is 23.8 Å². The van der Waals surface area contributed by atoms with Gasteiger partial charge in [0.25, 0.3) is 0 Å². The first-order valence-corrected chi connectivity index (χ1v) is 7.40. The van der Waals surface area contributed by atoms with E-state index in [4.69, 9.17) is 11.0 Å². The molecule has 0 radical (unpaired) electrons. The molecule has 2 N–H and O–H groups in total. The van der Waals surface area contributed by atoms with Crippen molar-refractivity contribution >= 4 is 17.0 Å². The number of anilines is 1. The minimum atomic E-state index is 0.428. The van der Waals surface area contributed by atoms with Crippen LogP contribution in [0.1, 0.15) is 50.6 Å². The zero-order valence-electron chi connectivity index (χ0n) is 11.8. The molecule has 2 aromatic rings. The van der Waals surface area contributed by atoms with E-state index < -0.39 is 0 Å². The van der Waals surface area contributed by atoms with Crippen molar-refractivity contribution in [2.24, 2.45) is 5.92 Å². The number of aromatic nitrogens is 2. The lowest BCUT2D eigenvalue weighted by molar-refractivity contribution is 0.275. The third kappa shape index (κ3) is 2.14. The second kappa shape index (κ2) is 5.16. The zero-order chi connectivity index (χ0) is 14.1. The quantitative estimate of drug-likeness (QED) is 0.904. The summed E-state index contributed by atoms with van der Waals surface area (Å²) >= 11 is 0. The highest BCUT2D eigenvalue weighted by Crippen LogP contribution is 2.37. The molecule has 104 valence electrons. The van der Waals surface area contributed by atoms with Crippen LogP contribution in [0.5, 0.6) is 0 Å². The lowest BCUT2D eigenvalue weighted by atomic mass is 9.84. The molecule has 3 rings (SSSR count). The van der Waals surface area contributed by atoms with Crippen LogP contribution in [-0.2, 0) is 0 Å². The van der Waals surface area contributed by atoms with Crippen molar-refractivity contribution in [3.63, 3.8) is 0 Å². The second-order valence-electron chi connectivity index (χ2n) is 5.74. The van der Waals surface area contributed by atoms with Gasteiger partial charge in [0.05, 0.1) is 22.7 Å². The number of hydrogen-bond donors (Lipinski definition) is 1. The molecule has 1 aromatic heterocycles. The average molecular weight is 268 g/mol. The zero-order valence-corrected chi connectivity index (χ0v) is 11.8. The number of rotatable bonds is 2. The van der Waals surface area contributed by atoms with Crippen molar-refractivity contribution in [3.8, 4) is 6.07 Å². The van der Waals surface area contributed by atoms with Crippen molar-refractivity contribution in [1.29, 1.82) is 5.26 Å². The Kier molecular flexibility index (Phi) is 3.35. The molecule has 0 unspecified atom stereocenters. The normalized spacial score (nSPS) is 22.8. The monoisotopic (exact) mass is 268 g/mol. The van der Waals surface area contributed by atoms with Crippen molar-refractivity contribution in [2.45, 2.75) is 45.1 Å². The molecule has 0 spiro atoms. The van der Waals surface area contributed by atoms with Crippen LogP contribution in [0.3, 0.4) is 0 Å². The average Bonchev–Trinajstić information content (AvgIpc) is 2.82. The summed E-state index contributed by atoms with van der Waals surface area (Å²) in [6.45, 7) is 2.27. The Bertz CT molecular complexity index is 657. The lowest BCUT2D eigenvalue weighted by Gasteiger charge is -2.29. The number of nitrogens with zero attached hydrogens (tertiary/aromatic N) is 3. The lowest BCUT2D eigenvalue weighted by Crippen LogP contribution is -2.19. The number of hydrogen-bond acceptors (Lipinski definition) is 3. The maximum absolute atomic E-state index is 9.06. The van der Waals surface area contributed by atoms with Crippen molar-refractivity contribution < 1.29 is 0 Å². The number of nitrogen functional groups attached to an aromatic ring is 1. The molecule has 0 atom stereocenters. The summed E-state index contributed by atoms with van der Waals surface area (Å²) < 4.78 is 2.14. The number of nitrogens with two attached hydrogens (primary N) is 1. The Hall–Kier alpha value is -2.02. The summed E-state index contributed by atoms with van der Waals surface area (Å²) in [5.74, 6) is 1.44. The van der Waals surface area contributed by atoms with Gasteiger partial charge in [-0.05, 0) is 49.8 Å². The summed E-state index contributed by atoms with van der Waals surface area (Å²) in [5, 5.41) is 9.06. The molecule has 0 saturated heterocycles. The summed E-state index contributed by atoms with van der Waals surface area (Å²) in [6, 6.07) is 8.21. The van der Waals surface area contributed by atoms with Gasteiger partial charge in [0, 0.05) is 6.04 Å². The van der Waals surface area contributed by atoms with E-state index >= 15 is 0 Å². The van der Waals surface area contributed by atoms with E-state index in [0.29, 0.717) is 17.6 Å². The van der Waals surface area contributed by atoms with Crippen LogP contribution in [0.15, 0.2) is 18.2 Å². The molecule has 20 heavy (non-hydrogen) atoms. The smallest absolute Gasteiger partial charge is 0.201 e.